The third-order valence-electron chi connectivity index (χ3n) is 6.27. The van der Waals surface area contributed by atoms with Crippen LogP contribution in [-0.2, 0) is 19.5 Å². The Morgan fingerprint density at radius 2 is 2.00 bits per heavy atom. The molecule has 0 saturated carbocycles. The van der Waals surface area contributed by atoms with Gasteiger partial charge in [0, 0.05) is 37.2 Å². The van der Waals surface area contributed by atoms with Crippen LogP contribution in [0, 0.1) is 11.7 Å². The van der Waals surface area contributed by atoms with Crippen molar-refractivity contribution in [3.63, 3.8) is 0 Å². The molecule has 0 atom stereocenters. The Morgan fingerprint density at radius 3 is 2.71 bits per heavy atom. The van der Waals surface area contributed by atoms with E-state index >= 15 is 0 Å². The van der Waals surface area contributed by atoms with Crippen LogP contribution < -0.4 is 4.74 Å². The maximum atomic E-state index is 13.8. The Balaban J connectivity index is 1.76. The normalized spacial score (nSPS) is 13.7. The zero-order valence-corrected chi connectivity index (χ0v) is 20.4. The second-order valence-electron chi connectivity index (χ2n) is 9.16. The van der Waals surface area contributed by atoms with E-state index in [4.69, 9.17) is 9.84 Å². The molecule has 0 saturated heterocycles. The quantitative estimate of drug-likeness (QED) is 0.485. The van der Waals surface area contributed by atoms with E-state index in [0.29, 0.717) is 18.7 Å². The average molecular weight is 465 g/mol. The third-order valence-corrected chi connectivity index (χ3v) is 6.27. The highest BCUT2D eigenvalue weighted by molar-refractivity contribution is 5.94. The molecular formula is C27H33FN4O2. The first-order valence-corrected chi connectivity index (χ1v) is 11.9. The molecule has 3 aromatic rings. The van der Waals surface area contributed by atoms with Crippen LogP contribution in [0.1, 0.15) is 48.1 Å². The molecule has 0 aliphatic carbocycles. The molecule has 4 rings (SSSR count). The summed E-state index contributed by atoms with van der Waals surface area (Å²) in [5.41, 5.74) is 4.45. The van der Waals surface area contributed by atoms with Crippen molar-refractivity contribution in [2.75, 3.05) is 26.7 Å². The standard InChI is InChI=1S/C27H33FN4O2/c1-5-30-14-13-24-22(17-30)23(29-32(24)25-11-6-7-12-26(25)34-4)18-31(16-19(2)3)27(33)20-9-8-10-21(28)15-20/h6-12,15,19H,5,13-14,16-18H2,1-4H3. The summed E-state index contributed by atoms with van der Waals surface area (Å²) < 4.78 is 21.4. The number of para-hydroxylation sites is 2. The molecule has 180 valence electrons. The zero-order chi connectivity index (χ0) is 24.2. The minimum absolute atomic E-state index is 0.183. The number of halogens is 1. The molecule has 1 aliphatic heterocycles. The van der Waals surface area contributed by atoms with Gasteiger partial charge in [0.15, 0.2) is 0 Å². The Labute approximate surface area is 200 Å². The molecule has 0 bridgehead atoms. The fourth-order valence-electron chi connectivity index (χ4n) is 4.59. The summed E-state index contributed by atoms with van der Waals surface area (Å²) in [6.07, 6.45) is 0.871. The van der Waals surface area contributed by atoms with Crippen molar-refractivity contribution >= 4 is 5.91 Å². The molecule has 0 radical (unpaired) electrons. The largest absolute Gasteiger partial charge is 0.494 e. The topological polar surface area (TPSA) is 50.6 Å². The van der Waals surface area contributed by atoms with Gasteiger partial charge in [0.2, 0.25) is 0 Å². The number of amides is 1. The van der Waals surface area contributed by atoms with Crippen LogP contribution in [-0.4, -0.2) is 52.2 Å². The van der Waals surface area contributed by atoms with E-state index in [9.17, 15) is 9.18 Å². The van der Waals surface area contributed by atoms with Gasteiger partial charge in [-0.15, -0.1) is 0 Å². The highest BCUT2D eigenvalue weighted by Crippen LogP contribution is 2.30. The highest BCUT2D eigenvalue weighted by Gasteiger charge is 2.28. The minimum atomic E-state index is -0.410. The number of hydrogen-bond acceptors (Lipinski definition) is 4. The minimum Gasteiger partial charge on any atom is -0.494 e. The van der Waals surface area contributed by atoms with Gasteiger partial charge < -0.3 is 9.64 Å². The summed E-state index contributed by atoms with van der Waals surface area (Å²) in [6.45, 7) is 9.95. The van der Waals surface area contributed by atoms with Crippen LogP contribution in [0.15, 0.2) is 48.5 Å². The fraction of sp³-hybridized carbons (Fsp3) is 0.407. The SMILES string of the molecule is CCN1CCc2c(c(CN(CC(C)C)C(=O)c3cccc(F)c3)nn2-c2ccccc2OC)C1. The lowest BCUT2D eigenvalue weighted by atomic mass is 10.0. The molecule has 34 heavy (non-hydrogen) atoms. The summed E-state index contributed by atoms with van der Waals surface area (Å²) in [4.78, 5) is 17.6. The second kappa shape index (κ2) is 10.4. The number of carbonyl (C=O) groups excluding carboxylic acids is 1. The number of methoxy groups -OCH3 is 1. The van der Waals surface area contributed by atoms with Crippen molar-refractivity contribution in [1.82, 2.24) is 19.6 Å². The summed E-state index contributed by atoms with van der Waals surface area (Å²) in [7, 11) is 1.66. The van der Waals surface area contributed by atoms with E-state index in [1.54, 1.807) is 24.1 Å². The number of fused-ring (bicyclic) bond motifs is 1. The molecule has 1 aromatic heterocycles. The van der Waals surface area contributed by atoms with E-state index in [1.807, 2.05) is 28.9 Å². The predicted molar refractivity (Wildman–Crippen MR) is 131 cm³/mol. The number of nitrogens with zero attached hydrogens (tertiary/aromatic N) is 4. The van der Waals surface area contributed by atoms with Crippen molar-refractivity contribution in [3.05, 3.63) is 76.9 Å². The van der Waals surface area contributed by atoms with E-state index in [0.717, 1.165) is 48.9 Å². The molecule has 0 unspecified atom stereocenters. The summed E-state index contributed by atoms with van der Waals surface area (Å²) in [6, 6.07) is 13.8. The van der Waals surface area contributed by atoms with Crippen molar-refractivity contribution in [2.45, 2.75) is 40.3 Å². The smallest absolute Gasteiger partial charge is 0.254 e. The molecule has 1 aliphatic rings. The molecule has 2 heterocycles. The molecular weight excluding hydrogens is 431 g/mol. The molecule has 7 heteroatoms. The summed E-state index contributed by atoms with van der Waals surface area (Å²) >= 11 is 0. The van der Waals surface area contributed by atoms with Crippen LogP contribution in [0.25, 0.3) is 5.69 Å². The van der Waals surface area contributed by atoms with Crippen LogP contribution in [0.2, 0.25) is 0 Å². The Kier molecular flexibility index (Phi) is 7.32. The van der Waals surface area contributed by atoms with Gasteiger partial charge in [-0.25, -0.2) is 9.07 Å². The first kappa shape index (κ1) is 24.0. The van der Waals surface area contributed by atoms with Gasteiger partial charge in [-0.3, -0.25) is 9.69 Å². The summed E-state index contributed by atoms with van der Waals surface area (Å²) in [5.74, 6) is 0.424. The van der Waals surface area contributed by atoms with E-state index in [1.165, 1.54) is 17.7 Å². The van der Waals surface area contributed by atoms with Gasteiger partial charge in [-0.05, 0) is 42.8 Å². The molecule has 2 aromatic carbocycles. The predicted octanol–water partition coefficient (Wildman–Crippen LogP) is 4.70. The van der Waals surface area contributed by atoms with Crippen molar-refractivity contribution in [1.29, 1.82) is 0 Å². The van der Waals surface area contributed by atoms with Crippen LogP contribution in [0.3, 0.4) is 0 Å². The van der Waals surface area contributed by atoms with E-state index < -0.39 is 5.82 Å². The van der Waals surface area contributed by atoms with Gasteiger partial charge in [0.1, 0.15) is 17.3 Å². The molecule has 1 amide bonds. The van der Waals surface area contributed by atoms with Crippen molar-refractivity contribution in [3.8, 4) is 11.4 Å². The third kappa shape index (κ3) is 4.99. The number of hydrogen-bond donors (Lipinski definition) is 0. The van der Waals surface area contributed by atoms with Gasteiger partial charge >= 0.3 is 0 Å². The maximum Gasteiger partial charge on any atom is 0.254 e. The molecule has 0 N–H and O–H groups in total. The van der Waals surface area contributed by atoms with Gasteiger partial charge in [-0.1, -0.05) is 39.0 Å². The molecule has 0 spiro atoms. The Bertz CT molecular complexity index is 1160. The number of likely N-dealkylation sites (N-methyl/N-ethyl adjacent to an activating group) is 1. The first-order chi connectivity index (χ1) is 16.4. The van der Waals surface area contributed by atoms with Crippen LogP contribution in [0.5, 0.6) is 5.75 Å². The Morgan fingerprint density at radius 1 is 1.21 bits per heavy atom. The fourth-order valence-corrected chi connectivity index (χ4v) is 4.59. The first-order valence-electron chi connectivity index (χ1n) is 11.9. The van der Waals surface area contributed by atoms with Gasteiger partial charge in [0.05, 0.1) is 25.0 Å². The van der Waals surface area contributed by atoms with Crippen LogP contribution >= 0.6 is 0 Å². The number of benzene rings is 2. The average Bonchev–Trinajstić information content (AvgIpc) is 3.20. The van der Waals surface area contributed by atoms with Gasteiger partial charge in [0.25, 0.3) is 5.91 Å². The number of ether oxygens (including phenoxy) is 1. The van der Waals surface area contributed by atoms with E-state index in [2.05, 4.69) is 25.7 Å². The number of carbonyl (C=O) groups is 1. The summed E-state index contributed by atoms with van der Waals surface area (Å²) in [5, 5.41) is 5.02. The monoisotopic (exact) mass is 464 g/mol. The zero-order valence-electron chi connectivity index (χ0n) is 20.4. The van der Waals surface area contributed by atoms with Crippen LogP contribution in [0.4, 0.5) is 4.39 Å². The van der Waals surface area contributed by atoms with Gasteiger partial charge in [-0.2, -0.15) is 5.10 Å². The molecule has 6 nitrogen and oxygen atoms in total. The maximum absolute atomic E-state index is 13.8. The highest BCUT2D eigenvalue weighted by atomic mass is 19.1. The Hall–Kier alpha value is -3.19. The second-order valence-corrected chi connectivity index (χ2v) is 9.16. The number of rotatable bonds is 8. The number of aromatic nitrogens is 2. The van der Waals surface area contributed by atoms with Crippen molar-refractivity contribution in [2.24, 2.45) is 5.92 Å². The van der Waals surface area contributed by atoms with Crippen molar-refractivity contribution < 1.29 is 13.9 Å². The van der Waals surface area contributed by atoms with E-state index in [-0.39, 0.29) is 11.8 Å². The molecule has 0 fully saturated rings. The lowest BCUT2D eigenvalue weighted by molar-refractivity contribution is 0.0719. The lowest BCUT2D eigenvalue weighted by Crippen LogP contribution is -2.35. The lowest BCUT2D eigenvalue weighted by Gasteiger charge is -2.28.